The van der Waals surface area contributed by atoms with Gasteiger partial charge in [0.05, 0.1) is 11.1 Å². The standard InChI is InChI=1S/C22H17N3O2/c1-24-12-16(14-8-4-6-10-18(14)24)20-19(21(26)25(2)22(20)27)15-11-23-17-9-5-3-7-13(15)17/h3-12,23H,1-2H3. The number of amides is 2. The summed E-state index contributed by atoms with van der Waals surface area (Å²) >= 11 is 0. The van der Waals surface area contributed by atoms with E-state index in [4.69, 9.17) is 0 Å². The fourth-order valence-corrected chi connectivity index (χ4v) is 3.96. The van der Waals surface area contributed by atoms with Gasteiger partial charge in [-0.25, -0.2) is 0 Å². The number of aromatic amines is 1. The molecule has 3 heterocycles. The van der Waals surface area contributed by atoms with Crippen LogP contribution in [0.25, 0.3) is 33.0 Å². The zero-order valence-corrected chi connectivity index (χ0v) is 15.0. The van der Waals surface area contributed by atoms with E-state index >= 15 is 0 Å². The van der Waals surface area contributed by atoms with Gasteiger partial charge < -0.3 is 9.55 Å². The van der Waals surface area contributed by atoms with Gasteiger partial charge in [-0.15, -0.1) is 0 Å². The molecule has 0 saturated heterocycles. The SMILES string of the molecule is CN1C(=O)C(c2c[nH]c3ccccc23)=C(c2cn(C)c3ccccc23)C1=O. The maximum Gasteiger partial charge on any atom is 0.261 e. The molecular formula is C22H17N3O2. The molecule has 1 aliphatic rings. The fraction of sp³-hybridized carbons (Fsp3) is 0.0909. The van der Waals surface area contributed by atoms with Crippen LogP contribution in [0.1, 0.15) is 11.1 Å². The second kappa shape index (κ2) is 5.45. The number of nitrogens with zero attached hydrogens (tertiary/aromatic N) is 2. The van der Waals surface area contributed by atoms with Gasteiger partial charge in [0.25, 0.3) is 11.8 Å². The van der Waals surface area contributed by atoms with Crippen molar-refractivity contribution >= 4 is 44.8 Å². The summed E-state index contributed by atoms with van der Waals surface area (Å²) < 4.78 is 1.99. The van der Waals surface area contributed by atoms with Crippen LogP contribution in [0.4, 0.5) is 0 Å². The molecule has 0 aliphatic carbocycles. The van der Waals surface area contributed by atoms with Gasteiger partial charge in [0, 0.05) is 59.4 Å². The Hall–Kier alpha value is -3.60. The van der Waals surface area contributed by atoms with Crippen molar-refractivity contribution in [3.8, 4) is 0 Å². The van der Waals surface area contributed by atoms with Crippen molar-refractivity contribution in [2.45, 2.75) is 0 Å². The normalized spacial score (nSPS) is 15.0. The maximum atomic E-state index is 13.0. The average molecular weight is 355 g/mol. The van der Waals surface area contributed by atoms with E-state index in [0.29, 0.717) is 11.1 Å². The summed E-state index contributed by atoms with van der Waals surface area (Å²) in [4.78, 5) is 30.5. The largest absolute Gasteiger partial charge is 0.361 e. The number of fused-ring (bicyclic) bond motifs is 2. The molecule has 1 N–H and O–H groups in total. The minimum Gasteiger partial charge on any atom is -0.361 e. The molecule has 1 aliphatic heterocycles. The number of aromatic nitrogens is 2. The third-order valence-electron chi connectivity index (χ3n) is 5.31. The molecule has 2 amide bonds. The van der Waals surface area contributed by atoms with Gasteiger partial charge in [-0.1, -0.05) is 36.4 Å². The zero-order chi connectivity index (χ0) is 18.7. The Morgan fingerprint density at radius 1 is 0.778 bits per heavy atom. The molecule has 0 saturated carbocycles. The van der Waals surface area contributed by atoms with Crippen molar-refractivity contribution in [2.75, 3.05) is 7.05 Å². The highest BCUT2D eigenvalue weighted by molar-refractivity contribution is 6.50. The quantitative estimate of drug-likeness (QED) is 0.559. The van der Waals surface area contributed by atoms with Crippen LogP contribution in [0.15, 0.2) is 60.9 Å². The van der Waals surface area contributed by atoms with Gasteiger partial charge >= 0.3 is 0 Å². The lowest BCUT2D eigenvalue weighted by Gasteiger charge is -2.06. The number of hydrogen-bond acceptors (Lipinski definition) is 2. The van der Waals surface area contributed by atoms with Crippen molar-refractivity contribution < 1.29 is 9.59 Å². The molecule has 0 bridgehead atoms. The lowest BCUT2D eigenvalue weighted by molar-refractivity contribution is -0.134. The van der Waals surface area contributed by atoms with Crippen LogP contribution in [0, 0.1) is 0 Å². The van der Waals surface area contributed by atoms with Crippen LogP contribution >= 0.6 is 0 Å². The van der Waals surface area contributed by atoms with Crippen LogP contribution < -0.4 is 0 Å². The van der Waals surface area contributed by atoms with Crippen molar-refractivity contribution in [1.82, 2.24) is 14.5 Å². The summed E-state index contributed by atoms with van der Waals surface area (Å²) in [5.74, 6) is -0.538. The minimum absolute atomic E-state index is 0.267. The number of hydrogen-bond donors (Lipinski definition) is 1. The topological polar surface area (TPSA) is 58.1 Å². The number of likely N-dealkylation sites (N-methyl/N-ethyl adjacent to an activating group) is 1. The molecule has 0 spiro atoms. The van der Waals surface area contributed by atoms with E-state index in [0.717, 1.165) is 32.9 Å². The summed E-state index contributed by atoms with van der Waals surface area (Å²) in [5, 5.41) is 1.89. The molecule has 5 nitrogen and oxygen atoms in total. The second-order valence-corrected chi connectivity index (χ2v) is 6.84. The highest BCUT2D eigenvalue weighted by Gasteiger charge is 2.39. The van der Waals surface area contributed by atoms with Gasteiger partial charge in [0.1, 0.15) is 0 Å². The first-order valence-electron chi connectivity index (χ1n) is 8.75. The molecular weight excluding hydrogens is 338 g/mol. The first kappa shape index (κ1) is 15.6. The Labute approximate surface area is 155 Å². The molecule has 0 atom stereocenters. The minimum atomic E-state index is -0.271. The number of H-pyrrole nitrogens is 1. The number of nitrogens with one attached hydrogen (secondary N) is 1. The van der Waals surface area contributed by atoms with E-state index < -0.39 is 0 Å². The Morgan fingerprint density at radius 2 is 1.41 bits per heavy atom. The Balaban J connectivity index is 1.88. The van der Waals surface area contributed by atoms with Crippen LogP contribution in [0.2, 0.25) is 0 Å². The molecule has 5 heteroatoms. The van der Waals surface area contributed by atoms with Crippen molar-refractivity contribution in [3.05, 3.63) is 72.1 Å². The highest BCUT2D eigenvalue weighted by Crippen LogP contribution is 2.40. The number of imide groups is 1. The molecule has 0 unspecified atom stereocenters. The third-order valence-corrected chi connectivity index (χ3v) is 5.31. The zero-order valence-electron chi connectivity index (χ0n) is 15.0. The lowest BCUT2D eigenvalue weighted by Crippen LogP contribution is -2.26. The van der Waals surface area contributed by atoms with Crippen LogP contribution in [0.5, 0.6) is 0 Å². The molecule has 2 aromatic heterocycles. The van der Waals surface area contributed by atoms with Gasteiger partial charge in [0.15, 0.2) is 0 Å². The molecule has 0 fully saturated rings. The van der Waals surface area contributed by atoms with Gasteiger partial charge in [-0.2, -0.15) is 0 Å². The highest BCUT2D eigenvalue weighted by atomic mass is 16.2. The molecule has 27 heavy (non-hydrogen) atoms. The first-order valence-corrected chi connectivity index (χ1v) is 8.75. The molecule has 2 aromatic carbocycles. The number of carbonyl (C=O) groups is 2. The van der Waals surface area contributed by atoms with Crippen molar-refractivity contribution in [1.29, 1.82) is 0 Å². The van der Waals surface area contributed by atoms with E-state index in [1.165, 1.54) is 11.9 Å². The number of benzene rings is 2. The third kappa shape index (κ3) is 2.05. The second-order valence-electron chi connectivity index (χ2n) is 6.84. The van der Waals surface area contributed by atoms with Crippen molar-refractivity contribution in [3.63, 3.8) is 0 Å². The van der Waals surface area contributed by atoms with Crippen LogP contribution in [0.3, 0.4) is 0 Å². The molecule has 5 rings (SSSR count). The van der Waals surface area contributed by atoms with Gasteiger partial charge in [-0.3, -0.25) is 14.5 Å². The van der Waals surface area contributed by atoms with E-state index in [-0.39, 0.29) is 11.8 Å². The van der Waals surface area contributed by atoms with Crippen molar-refractivity contribution in [2.24, 2.45) is 7.05 Å². The van der Waals surface area contributed by atoms with E-state index in [2.05, 4.69) is 4.98 Å². The lowest BCUT2D eigenvalue weighted by atomic mass is 9.95. The van der Waals surface area contributed by atoms with E-state index in [1.54, 1.807) is 0 Å². The predicted octanol–water partition coefficient (Wildman–Crippen LogP) is 3.57. The molecule has 132 valence electrons. The number of aryl methyl sites for hydroxylation is 1. The Morgan fingerprint density at radius 3 is 2.19 bits per heavy atom. The van der Waals surface area contributed by atoms with Crippen LogP contribution in [-0.2, 0) is 16.6 Å². The molecule has 0 radical (unpaired) electrons. The maximum absolute atomic E-state index is 13.0. The number of rotatable bonds is 2. The Kier molecular flexibility index (Phi) is 3.15. The van der Waals surface area contributed by atoms with E-state index in [1.807, 2.05) is 72.5 Å². The van der Waals surface area contributed by atoms with Gasteiger partial charge in [0.2, 0.25) is 0 Å². The van der Waals surface area contributed by atoms with Gasteiger partial charge in [-0.05, 0) is 12.1 Å². The number of para-hydroxylation sites is 2. The Bertz CT molecular complexity index is 1290. The summed E-state index contributed by atoms with van der Waals surface area (Å²) in [7, 11) is 3.49. The average Bonchev–Trinajstić information content (AvgIpc) is 3.32. The smallest absolute Gasteiger partial charge is 0.261 e. The summed E-state index contributed by atoms with van der Waals surface area (Å²) in [6.07, 6.45) is 3.74. The fourth-order valence-electron chi connectivity index (χ4n) is 3.96. The van der Waals surface area contributed by atoms with E-state index in [9.17, 15) is 9.59 Å². The first-order chi connectivity index (χ1) is 13.1. The molecule has 4 aromatic rings. The predicted molar refractivity (Wildman–Crippen MR) is 106 cm³/mol. The summed E-state index contributed by atoms with van der Waals surface area (Å²) in [5.41, 5.74) is 4.42. The van der Waals surface area contributed by atoms with Crippen LogP contribution in [-0.4, -0.2) is 33.3 Å². The summed E-state index contributed by atoms with van der Waals surface area (Å²) in [6.45, 7) is 0. The number of carbonyl (C=O) groups excluding carboxylic acids is 2. The summed E-state index contributed by atoms with van der Waals surface area (Å²) in [6, 6.07) is 15.7. The monoisotopic (exact) mass is 355 g/mol.